The maximum absolute atomic E-state index is 12.4. The number of carbonyl (C=O) groups excluding carboxylic acids is 1. The Balaban J connectivity index is 1.86. The summed E-state index contributed by atoms with van der Waals surface area (Å²) in [6.45, 7) is 2.16. The number of ether oxygens (including phenoxy) is 1. The molecule has 0 spiro atoms. The molecule has 2 heterocycles. The molecule has 2 aromatic carbocycles. The van der Waals surface area contributed by atoms with Crippen molar-refractivity contribution in [1.29, 1.82) is 0 Å². The normalized spacial score (nSPS) is 19.3. The van der Waals surface area contributed by atoms with Crippen LogP contribution in [0.1, 0.15) is 29.8 Å². The fourth-order valence-electron chi connectivity index (χ4n) is 3.61. The van der Waals surface area contributed by atoms with Gasteiger partial charge in [-0.25, -0.2) is 0 Å². The third kappa shape index (κ3) is 2.98. The lowest BCUT2D eigenvalue weighted by Gasteiger charge is -2.31. The third-order valence-corrected chi connectivity index (χ3v) is 5.32. The van der Waals surface area contributed by atoms with Gasteiger partial charge in [0.25, 0.3) is 0 Å². The highest BCUT2D eigenvalue weighted by Gasteiger charge is 2.35. The number of esters is 1. The second kappa shape index (κ2) is 6.95. The zero-order chi connectivity index (χ0) is 18.3. The van der Waals surface area contributed by atoms with E-state index in [-0.39, 0.29) is 12.0 Å². The van der Waals surface area contributed by atoms with E-state index in [0.29, 0.717) is 23.1 Å². The van der Waals surface area contributed by atoms with E-state index in [1.165, 1.54) is 0 Å². The lowest BCUT2D eigenvalue weighted by atomic mass is 9.90. The molecule has 0 bridgehead atoms. The zero-order valence-corrected chi connectivity index (χ0v) is 15.7. The maximum atomic E-state index is 12.4. The van der Waals surface area contributed by atoms with E-state index in [1.807, 2.05) is 31.2 Å². The van der Waals surface area contributed by atoms with E-state index in [2.05, 4.69) is 16.4 Å². The number of halogens is 2. The van der Waals surface area contributed by atoms with Crippen LogP contribution in [0.15, 0.2) is 42.5 Å². The molecular formula is C20H18Cl2N2O2. The van der Waals surface area contributed by atoms with Crippen LogP contribution in [0.3, 0.4) is 0 Å². The quantitative estimate of drug-likeness (QED) is 0.642. The summed E-state index contributed by atoms with van der Waals surface area (Å²) in [7, 11) is 0. The number of aromatic nitrogens is 1. The van der Waals surface area contributed by atoms with Crippen molar-refractivity contribution in [2.45, 2.75) is 25.4 Å². The minimum Gasteiger partial charge on any atom is -0.465 e. The van der Waals surface area contributed by atoms with Gasteiger partial charge in [-0.15, -0.1) is 0 Å². The molecule has 3 aromatic rings. The largest absolute Gasteiger partial charge is 0.465 e. The van der Waals surface area contributed by atoms with Gasteiger partial charge in [0.2, 0.25) is 0 Å². The molecule has 0 amide bonds. The fraction of sp³-hybridized carbons (Fsp3) is 0.250. The average Bonchev–Trinajstić information content (AvgIpc) is 3.00. The molecule has 1 aromatic heterocycles. The molecule has 1 aliphatic heterocycles. The summed E-state index contributed by atoms with van der Waals surface area (Å²) in [5.74, 6) is -0.251. The van der Waals surface area contributed by atoms with Crippen molar-refractivity contribution in [3.8, 4) is 0 Å². The summed E-state index contributed by atoms with van der Waals surface area (Å²) in [6, 6.07) is 12.8. The summed E-state index contributed by atoms with van der Waals surface area (Å²) in [6.07, 6.45) is 0.569. The molecule has 2 N–H and O–H groups in total. The van der Waals surface area contributed by atoms with Gasteiger partial charge < -0.3 is 9.72 Å². The van der Waals surface area contributed by atoms with Gasteiger partial charge in [0.15, 0.2) is 0 Å². The standard InChI is InChI=1S/C20H18Cl2N2O2/c1-2-26-20(25)17-10-14-12-5-3-4-6-16(12)23-19(14)18(24-17)13-8-7-11(21)9-15(13)22/h3-9,17-18,23-24H,2,10H2,1H3. The van der Waals surface area contributed by atoms with E-state index < -0.39 is 6.04 Å². The molecule has 4 rings (SSSR count). The molecule has 1 aliphatic rings. The van der Waals surface area contributed by atoms with E-state index in [1.54, 1.807) is 12.1 Å². The van der Waals surface area contributed by atoms with Crippen molar-refractivity contribution >= 4 is 40.1 Å². The summed E-state index contributed by atoms with van der Waals surface area (Å²) < 4.78 is 5.25. The van der Waals surface area contributed by atoms with Crippen molar-refractivity contribution in [3.63, 3.8) is 0 Å². The zero-order valence-electron chi connectivity index (χ0n) is 14.2. The number of hydrogen-bond donors (Lipinski definition) is 2. The Bertz CT molecular complexity index is 983. The highest BCUT2D eigenvalue weighted by Crippen LogP contribution is 2.38. The topological polar surface area (TPSA) is 54.1 Å². The average molecular weight is 389 g/mol. The van der Waals surface area contributed by atoms with E-state index in [4.69, 9.17) is 27.9 Å². The molecule has 134 valence electrons. The first-order valence-electron chi connectivity index (χ1n) is 8.55. The second-order valence-electron chi connectivity index (χ2n) is 6.34. The fourth-order valence-corrected chi connectivity index (χ4v) is 4.13. The predicted molar refractivity (Wildman–Crippen MR) is 104 cm³/mol. The Kier molecular flexibility index (Phi) is 4.65. The molecule has 0 saturated carbocycles. The van der Waals surface area contributed by atoms with Gasteiger partial charge in [-0.3, -0.25) is 10.1 Å². The molecule has 0 aliphatic carbocycles. The number of benzene rings is 2. The lowest BCUT2D eigenvalue weighted by molar-refractivity contribution is -0.146. The van der Waals surface area contributed by atoms with Crippen LogP contribution >= 0.6 is 23.2 Å². The van der Waals surface area contributed by atoms with Crippen LogP contribution in [0.4, 0.5) is 0 Å². The van der Waals surface area contributed by atoms with Gasteiger partial charge in [-0.05, 0) is 36.2 Å². The number of carbonyl (C=O) groups is 1. The number of para-hydroxylation sites is 1. The SMILES string of the molecule is CCOC(=O)C1Cc2c([nH]c3ccccc23)C(c2ccc(Cl)cc2Cl)N1. The van der Waals surface area contributed by atoms with Crippen molar-refractivity contribution in [2.24, 2.45) is 0 Å². The molecule has 2 atom stereocenters. The molecule has 4 nitrogen and oxygen atoms in total. The van der Waals surface area contributed by atoms with Gasteiger partial charge in [-0.1, -0.05) is 47.5 Å². The molecule has 0 saturated heterocycles. The number of rotatable bonds is 3. The second-order valence-corrected chi connectivity index (χ2v) is 7.18. The Morgan fingerprint density at radius 1 is 1.23 bits per heavy atom. The molecule has 2 unspecified atom stereocenters. The van der Waals surface area contributed by atoms with Crippen molar-refractivity contribution < 1.29 is 9.53 Å². The van der Waals surface area contributed by atoms with Gasteiger partial charge >= 0.3 is 5.97 Å². The highest BCUT2D eigenvalue weighted by molar-refractivity contribution is 6.35. The molecule has 0 fully saturated rings. The van der Waals surface area contributed by atoms with Crippen LogP contribution in [0, 0.1) is 0 Å². The Labute approximate surface area is 161 Å². The van der Waals surface area contributed by atoms with Crippen LogP contribution in [0.2, 0.25) is 10.0 Å². The first-order valence-corrected chi connectivity index (χ1v) is 9.31. The Hall–Kier alpha value is -2.01. The number of fused-ring (bicyclic) bond motifs is 3. The maximum Gasteiger partial charge on any atom is 0.323 e. The van der Waals surface area contributed by atoms with Gasteiger partial charge in [0.05, 0.1) is 12.6 Å². The van der Waals surface area contributed by atoms with Gasteiger partial charge in [0, 0.05) is 33.1 Å². The molecule has 26 heavy (non-hydrogen) atoms. The van der Waals surface area contributed by atoms with Crippen LogP contribution in [-0.2, 0) is 16.0 Å². The first kappa shape index (κ1) is 17.4. The molecular weight excluding hydrogens is 371 g/mol. The summed E-state index contributed by atoms with van der Waals surface area (Å²) >= 11 is 12.5. The monoisotopic (exact) mass is 388 g/mol. The van der Waals surface area contributed by atoms with Gasteiger partial charge in [-0.2, -0.15) is 0 Å². The number of H-pyrrole nitrogens is 1. The molecule has 6 heteroatoms. The minimum atomic E-state index is -0.432. The summed E-state index contributed by atoms with van der Waals surface area (Å²) in [4.78, 5) is 15.9. The van der Waals surface area contributed by atoms with E-state index in [9.17, 15) is 4.79 Å². The summed E-state index contributed by atoms with van der Waals surface area (Å²) in [5.41, 5.74) is 4.06. The van der Waals surface area contributed by atoms with Crippen LogP contribution in [-0.4, -0.2) is 23.6 Å². The Morgan fingerprint density at radius 3 is 2.81 bits per heavy atom. The first-order chi connectivity index (χ1) is 12.6. The molecule has 0 radical (unpaired) electrons. The minimum absolute atomic E-state index is 0.245. The predicted octanol–water partition coefficient (Wildman–Crippen LogP) is 4.64. The highest BCUT2D eigenvalue weighted by atomic mass is 35.5. The number of nitrogens with one attached hydrogen (secondary N) is 2. The van der Waals surface area contributed by atoms with Crippen LogP contribution in [0.5, 0.6) is 0 Å². The van der Waals surface area contributed by atoms with Crippen molar-refractivity contribution in [2.75, 3.05) is 6.61 Å². The summed E-state index contributed by atoms with van der Waals surface area (Å²) in [5, 5.41) is 5.65. The van der Waals surface area contributed by atoms with Crippen LogP contribution < -0.4 is 5.32 Å². The number of hydrogen-bond acceptors (Lipinski definition) is 3. The van der Waals surface area contributed by atoms with Crippen molar-refractivity contribution in [3.05, 3.63) is 69.3 Å². The lowest BCUT2D eigenvalue weighted by Crippen LogP contribution is -2.45. The van der Waals surface area contributed by atoms with Crippen molar-refractivity contribution in [1.82, 2.24) is 10.3 Å². The third-order valence-electron chi connectivity index (χ3n) is 4.76. The van der Waals surface area contributed by atoms with E-state index >= 15 is 0 Å². The smallest absolute Gasteiger partial charge is 0.323 e. The number of aromatic amines is 1. The Morgan fingerprint density at radius 2 is 2.04 bits per heavy atom. The van der Waals surface area contributed by atoms with Crippen LogP contribution in [0.25, 0.3) is 10.9 Å². The van der Waals surface area contributed by atoms with Gasteiger partial charge in [0.1, 0.15) is 6.04 Å². The van der Waals surface area contributed by atoms with E-state index in [0.717, 1.165) is 27.7 Å².